The molecule has 0 radical (unpaired) electrons. The van der Waals surface area contributed by atoms with Crippen LogP contribution < -0.4 is 15.4 Å². The lowest BCUT2D eigenvalue weighted by Gasteiger charge is -2.21. The third kappa shape index (κ3) is 2.59. The molecule has 0 heterocycles. The first-order valence-corrected chi connectivity index (χ1v) is 5.65. The highest BCUT2D eigenvalue weighted by molar-refractivity contribution is 5.74. The Labute approximate surface area is 110 Å². The molecule has 100 valence electrons. The molecule has 2 aromatic carbocycles. The van der Waals surface area contributed by atoms with Gasteiger partial charge in [-0.15, -0.1) is 0 Å². The summed E-state index contributed by atoms with van der Waals surface area (Å²) in [6.07, 6.45) is 0. The van der Waals surface area contributed by atoms with Crippen molar-refractivity contribution in [2.75, 3.05) is 24.8 Å². The zero-order valence-corrected chi connectivity index (χ0v) is 10.7. The number of ether oxygens (including phenoxy) is 1. The summed E-state index contributed by atoms with van der Waals surface area (Å²) in [4.78, 5) is 1.61. The van der Waals surface area contributed by atoms with Gasteiger partial charge in [-0.25, -0.2) is 8.78 Å². The van der Waals surface area contributed by atoms with Crippen molar-refractivity contribution in [3.05, 3.63) is 48.0 Å². The number of nitrogen functional groups attached to an aromatic ring is 1. The molecular formula is C14H14F2N2O. The summed E-state index contributed by atoms with van der Waals surface area (Å²) in [6.45, 7) is 0. The number of nitrogens with two attached hydrogens (primary N) is 1. The maximum Gasteiger partial charge on any atom is 0.167 e. The maximum atomic E-state index is 13.6. The molecule has 5 heteroatoms. The minimum Gasteiger partial charge on any atom is -0.494 e. The van der Waals surface area contributed by atoms with Crippen molar-refractivity contribution in [3.8, 4) is 5.75 Å². The number of halogens is 2. The van der Waals surface area contributed by atoms with Crippen molar-refractivity contribution in [2.45, 2.75) is 0 Å². The summed E-state index contributed by atoms with van der Waals surface area (Å²) in [5.41, 5.74) is 7.24. The Kier molecular flexibility index (Phi) is 3.55. The lowest BCUT2D eigenvalue weighted by atomic mass is 10.2. The van der Waals surface area contributed by atoms with Gasteiger partial charge in [-0.1, -0.05) is 0 Å². The number of benzene rings is 2. The second-order valence-corrected chi connectivity index (χ2v) is 4.08. The van der Waals surface area contributed by atoms with E-state index in [1.165, 1.54) is 37.4 Å². The number of hydrogen-bond donors (Lipinski definition) is 1. The van der Waals surface area contributed by atoms with Gasteiger partial charge in [-0.05, 0) is 30.3 Å². The Morgan fingerprint density at radius 2 is 1.84 bits per heavy atom. The smallest absolute Gasteiger partial charge is 0.167 e. The second-order valence-electron chi connectivity index (χ2n) is 4.08. The second kappa shape index (κ2) is 5.14. The molecule has 0 unspecified atom stereocenters. The third-order valence-electron chi connectivity index (χ3n) is 2.88. The Morgan fingerprint density at radius 1 is 1.11 bits per heavy atom. The van der Waals surface area contributed by atoms with Crippen LogP contribution >= 0.6 is 0 Å². The van der Waals surface area contributed by atoms with Crippen LogP contribution in [0.25, 0.3) is 0 Å². The maximum absolute atomic E-state index is 13.6. The fourth-order valence-electron chi connectivity index (χ4n) is 1.81. The van der Waals surface area contributed by atoms with Crippen LogP contribution in [0.4, 0.5) is 25.8 Å². The average Bonchev–Trinajstić information content (AvgIpc) is 2.40. The van der Waals surface area contributed by atoms with Gasteiger partial charge in [0.2, 0.25) is 0 Å². The van der Waals surface area contributed by atoms with Crippen LogP contribution in [0.5, 0.6) is 5.75 Å². The molecule has 0 spiro atoms. The van der Waals surface area contributed by atoms with Gasteiger partial charge in [-0.3, -0.25) is 0 Å². The standard InChI is InChI=1S/C14H14F2N2O/c1-18(13-7-9(15)3-5-12(13)17)10-4-6-14(19-2)11(16)8-10/h3-8H,17H2,1-2H3. The normalized spacial score (nSPS) is 10.3. The molecule has 0 saturated heterocycles. The highest BCUT2D eigenvalue weighted by Gasteiger charge is 2.11. The molecule has 2 N–H and O–H groups in total. The van der Waals surface area contributed by atoms with Crippen LogP contribution in [0.1, 0.15) is 0 Å². The molecule has 0 amide bonds. The van der Waals surface area contributed by atoms with Crippen molar-refractivity contribution in [1.29, 1.82) is 0 Å². The van der Waals surface area contributed by atoms with Crippen molar-refractivity contribution in [1.82, 2.24) is 0 Å². The quantitative estimate of drug-likeness (QED) is 0.864. The summed E-state index contributed by atoms with van der Waals surface area (Å²) in [5, 5.41) is 0. The first-order chi connectivity index (χ1) is 9.02. The first-order valence-electron chi connectivity index (χ1n) is 5.65. The summed E-state index contributed by atoms with van der Waals surface area (Å²) < 4.78 is 31.7. The van der Waals surface area contributed by atoms with Crippen LogP contribution in [0, 0.1) is 11.6 Å². The minimum absolute atomic E-state index is 0.157. The monoisotopic (exact) mass is 264 g/mol. The Hall–Kier alpha value is -2.30. The SMILES string of the molecule is COc1ccc(N(C)c2cc(F)ccc2N)cc1F. The van der Waals surface area contributed by atoms with Gasteiger partial charge in [0.25, 0.3) is 0 Å². The van der Waals surface area contributed by atoms with E-state index in [1.807, 2.05) is 0 Å². The van der Waals surface area contributed by atoms with Gasteiger partial charge in [0, 0.05) is 18.8 Å². The van der Waals surface area contributed by atoms with Crippen molar-refractivity contribution in [2.24, 2.45) is 0 Å². The predicted octanol–water partition coefficient (Wildman–Crippen LogP) is 3.32. The van der Waals surface area contributed by atoms with Crippen molar-refractivity contribution in [3.63, 3.8) is 0 Å². The van der Waals surface area contributed by atoms with E-state index < -0.39 is 11.6 Å². The van der Waals surface area contributed by atoms with E-state index in [4.69, 9.17) is 10.5 Å². The van der Waals surface area contributed by atoms with Crippen LogP contribution in [0.2, 0.25) is 0 Å². The minimum atomic E-state index is -0.484. The number of nitrogens with zero attached hydrogens (tertiary/aromatic N) is 1. The molecule has 0 aliphatic carbocycles. The molecule has 2 rings (SSSR count). The van der Waals surface area contributed by atoms with Crippen LogP contribution in [0.3, 0.4) is 0 Å². The molecule has 2 aromatic rings. The van der Waals surface area contributed by atoms with Gasteiger partial charge in [0.15, 0.2) is 11.6 Å². The molecule has 0 saturated carbocycles. The number of rotatable bonds is 3. The lowest BCUT2D eigenvalue weighted by Crippen LogP contribution is -2.12. The predicted molar refractivity (Wildman–Crippen MR) is 71.8 cm³/mol. The molecule has 3 nitrogen and oxygen atoms in total. The largest absolute Gasteiger partial charge is 0.494 e. The van der Waals surface area contributed by atoms with Gasteiger partial charge >= 0.3 is 0 Å². The number of anilines is 3. The van der Waals surface area contributed by atoms with E-state index in [0.717, 1.165) is 0 Å². The van der Waals surface area contributed by atoms with Gasteiger partial charge in [0.05, 0.1) is 18.5 Å². The molecule has 0 bridgehead atoms. The Bertz CT molecular complexity index is 602. The highest BCUT2D eigenvalue weighted by Crippen LogP contribution is 2.31. The van der Waals surface area contributed by atoms with Gasteiger partial charge < -0.3 is 15.4 Å². The average molecular weight is 264 g/mol. The van der Waals surface area contributed by atoms with E-state index in [0.29, 0.717) is 17.1 Å². The molecule has 0 aliphatic rings. The van der Waals surface area contributed by atoms with E-state index in [9.17, 15) is 8.78 Å². The molecule has 0 aromatic heterocycles. The molecule has 19 heavy (non-hydrogen) atoms. The summed E-state index contributed by atoms with van der Waals surface area (Å²) in [5.74, 6) is -0.726. The fourth-order valence-corrected chi connectivity index (χ4v) is 1.81. The zero-order valence-electron chi connectivity index (χ0n) is 10.7. The molecule has 0 atom stereocenters. The van der Waals surface area contributed by atoms with Gasteiger partial charge in [0.1, 0.15) is 5.82 Å². The summed E-state index contributed by atoms with van der Waals surface area (Å²) in [7, 11) is 3.08. The number of hydrogen-bond acceptors (Lipinski definition) is 3. The van der Waals surface area contributed by atoms with Crippen molar-refractivity contribution < 1.29 is 13.5 Å². The summed E-state index contributed by atoms with van der Waals surface area (Å²) in [6, 6.07) is 8.55. The van der Waals surface area contributed by atoms with Crippen molar-refractivity contribution >= 4 is 17.1 Å². The topological polar surface area (TPSA) is 38.5 Å². The van der Waals surface area contributed by atoms with Crippen LogP contribution in [-0.4, -0.2) is 14.2 Å². The van der Waals surface area contributed by atoms with E-state index in [1.54, 1.807) is 18.0 Å². The Morgan fingerprint density at radius 3 is 2.47 bits per heavy atom. The van der Waals surface area contributed by atoms with Gasteiger partial charge in [-0.2, -0.15) is 0 Å². The van der Waals surface area contributed by atoms with E-state index in [2.05, 4.69) is 0 Å². The van der Waals surface area contributed by atoms with Crippen LogP contribution in [0.15, 0.2) is 36.4 Å². The van der Waals surface area contributed by atoms with E-state index >= 15 is 0 Å². The van der Waals surface area contributed by atoms with Crippen LogP contribution in [-0.2, 0) is 0 Å². The van der Waals surface area contributed by atoms with E-state index in [-0.39, 0.29) is 5.75 Å². The molecular weight excluding hydrogens is 250 g/mol. The molecule has 0 fully saturated rings. The fraction of sp³-hybridized carbons (Fsp3) is 0.143. The zero-order chi connectivity index (χ0) is 14.0. The number of methoxy groups -OCH3 is 1. The highest BCUT2D eigenvalue weighted by atomic mass is 19.1. The summed E-state index contributed by atoms with van der Waals surface area (Å²) >= 11 is 0. The lowest BCUT2D eigenvalue weighted by molar-refractivity contribution is 0.386. The molecule has 0 aliphatic heterocycles. The first kappa shape index (κ1) is 13.1. The Balaban J connectivity index is 2.41. The third-order valence-corrected chi connectivity index (χ3v) is 2.88.